The molecule has 82 valence electrons. The van der Waals surface area contributed by atoms with E-state index in [2.05, 4.69) is 30.4 Å². The van der Waals surface area contributed by atoms with Gasteiger partial charge >= 0.3 is 0 Å². The van der Waals surface area contributed by atoms with E-state index < -0.39 is 0 Å². The summed E-state index contributed by atoms with van der Waals surface area (Å²) in [6.45, 7) is 4.39. The van der Waals surface area contributed by atoms with Crippen molar-refractivity contribution in [2.24, 2.45) is 5.92 Å². The molecule has 0 atom stereocenters. The highest BCUT2D eigenvalue weighted by atomic mass is 35.5. The molecule has 2 heteroatoms. The van der Waals surface area contributed by atoms with Crippen LogP contribution >= 0.6 is 11.6 Å². The lowest BCUT2D eigenvalue weighted by molar-refractivity contribution is 0.372. The summed E-state index contributed by atoms with van der Waals surface area (Å²) in [5.41, 5.74) is 2.56. The molecule has 0 aliphatic carbocycles. The summed E-state index contributed by atoms with van der Waals surface area (Å²) in [7, 11) is 0. The van der Waals surface area contributed by atoms with Gasteiger partial charge in [0.05, 0.1) is 0 Å². The molecular formula is C13H18ClN. The van der Waals surface area contributed by atoms with Gasteiger partial charge in [-0.3, -0.25) is 0 Å². The molecule has 1 N–H and O–H groups in total. The minimum Gasteiger partial charge on any atom is -0.317 e. The van der Waals surface area contributed by atoms with E-state index in [4.69, 9.17) is 11.6 Å². The van der Waals surface area contributed by atoms with Crippen LogP contribution in [0, 0.1) is 12.8 Å². The topological polar surface area (TPSA) is 12.0 Å². The highest BCUT2D eigenvalue weighted by Crippen LogP contribution is 2.22. The van der Waals surface area contributed by atoms with Crippen LogP contribution in [-0.2, 0) is 6.42 Å². The Morgan fingerprint density at radius 2 is 2.07 bits per heavy atom. The molecular weight excluding hydrogens is 206 g/mol. The third-order valence-corrected chi connectivity index (χ3v) is 3.63. The lowest BCUT2D eigenvalue weighted by Gasteiger charge is -2.22. The summed E-state index contributed by atoms with van der Waals surface area (Å²) in [6.07, 6.45) is 3.78. The Balaban J connectivity index is 2.00. The lowest BCUT2D eigenvalue weighted by Crippen LogP contribution is -2.28. The first kappa shape index (κ1) is 11.0. The van der Waals surface area contributed by atoms with E-state index in [0.717, 1.165) is 10.9 Å². The van der Waals surface area contributed by atoms with Gasteiger partial charge in [0, 0.05) is 5.02 Å². The van der Waals surface area contributed by atoms with E-state index in [1.807, 2.05) is 0 Å². The quantitative estimate of drug-likeness (QED) is 0.812. The van der Waals surface area contributed by atoms with Crippen LogP contribution in [0.2, 0.25) is 5.02 Å². The zero-order chi connectivity index (χ0) is 10.7. The third-order valence-electron chi connectivity index (χ3n) is 3.22. The van der Waals surface area contributed by atoms with Crippen LogP contribution < -0.4 is 5.32 Å². The second kappa shape index (κ2) is 5.00. The Kier molecular flexibility index (Phi) is 3.66. The van der Waals surface area contributed by atoms with Crippen molar-refractivity contribution in [1.82, 2.24) is 5.32 Å². The van der Waals surface area contributed by atoms with E-state index in [-0.39, 0.29) is 0 Å². The van der Waals surface area contributed by atoms with E-state index in [0.29, 0.717) is 0 Å². The summed E-state index contributed by atoms with van der Waals surface area (Å²) in [5, 5.41) is 4.30. The first-order valence-electron chi connectivity index (χ1n) is 5.71. The van der Waals surface area contributed by atoms with E-state index >= 15 is 0 Å². The predicted molar refractivity (Wildman–Crippen MR) is 65.5 cm³/mol. The second-order valence-electron chi connectivity index (χ2n) is 4.48. The first-order valence-corrected chi connectivity index (χ1v) is 6.09. The summed E-state index contributed by atoms with van der Waals surface area (Å²) >= 11 is 6.12. The maximum absolute atomic E-state index is 6.12. The van der Waals surface area contributed by atoms with Crippen LogP contribution in [0.15, 0.2) is 18.2 Å². The zero-order valence-electron chi connectivity index (χ0n) is 9.22. The van der Waals surface area contributed by atoms with Crippen molar-refractivity contribution >= 4 is 11.6 Å². The molecule has 0 saturated carbocycles. The van der Waals surface area contributed by atoms with Crippen molar-refractivity contribution in [1.29, 1.82) is 0 Å². The normalized spacial score (nSPS) is 18.0. The van der Waals surface area contributed by atoms with Crippen LogP contribution in [-0.4, -0.2) is 13.1 Å². The first-order chi connectivity index (χ1) is 7.25. The minimum atomic E-state index is 0.838. The molecule has 0 bridgehead atoms. The molecule has 0 unspecified atom stereocenters. The Morgan fingerprint density at radius 3 is 2.73 bits per heavy atom. The smallest absolute Gasteiger partial charge is 0.0437 e. The number of halogens is 1. The predicted octanol–water partition coefficient (Wildman–Crippen LogP) is 3.19. The van der Waals surface area contributed by atoms with Crippen LogP contribution in [0.3, 0.4) is 0 Å². The number of nitrogens with one attached hydrogen (secondary N) is 1. The number of benzene rings is 1. The van der Waals surface area contributed by atoms with Crippen LogP contribution in [0.5, 0.6) is 0 Å². The van der Waals surface area contributed by atoms with Gasteiger partial charge in [-0.05, 0) is 62.4 Å². The molecule has 1 nitrogen and oxygen atoms in total. The third kappa shape index (κ3) is 2.96. The van der Waals surface area contributed by atoms with Gasteiger partial charge in [-0.15, -0.1) is 0 Å². The highest BCUT2D eigenvalue weighted by Gasteiger charge is 2.13. The summed E-state index contributed by atoms with van der Waals surface area (Å²) < 4.78 is 0. The molecule has 1 aromatic carbocycles. The Labute approximate surface area is 96.8 Å². The molecule has 1 saturated heterocycles. The Morgan fingerprint density at radius 1 is 1.33 bits per heavy atom. The minimum absolute atomic E-state index is 0.838. The molecule has 1 aromatic rings. The average Bonchev–Trinajstić information content (AvgIpc) is 2.25. The van der Waals surface area contributed by atoms with Gasteiger partial charge < -0.3 is 5.32 Å². The Bertz CT molecular complexity index is 329. The molecule has 1 aliphatic heterocycles. The standard InChI is InChI=1S/C13H18ClN/c1-10-2-3-12(9-13(10)14)8-11-4-6-15-7-5-11/h2-3,9,11,15H,4-8H2,1H3. The number of aryl methyl sites for hydroxylation is 1. The SMILES string of the molecule is Cc1ccc(CC2CCNCC2)cc1Cl. The molecule has 0 radical (unpaired) electrons. The fraction of sp³-hybridized carbons (Fsp3) is 0.538. The van der Waals surface area contributed by atoms with Gasteiger partial charge in [0.15, 0.2) is 0 Å². The van der Waals surface area contributed by atoms with E-state index in [1.165, 1.54) is 43.5 Å². The second-order valence-corrected chi connectivity index (χ2v) is 4.89. The van der Waals surface area contributed by atoms with Crippen molar-refractivity contribution in [2.45, 2.75) is 26.2 Å². The van der Waals surface area contributed by atoms with Crippen molar-refractivity contribution in [3.63, 3.8) is 0 Å². The van der Waals surface area contributed by atoms with Gasteiger partial charge in [0.2, 0.25) is 0 Å². The van der Waals surface area contributed by atoms with Gasteiger partial charge in [-0.2, -0.15) is 0 Å². The number of piperidine rings is 1. The molecule has 0 aromatic heterocycles. The fourth-order valence-electron chi connectivity index (χ4n) is 2.18. The molecule has 1 fully saturated rings. The largest absolute Gasteiger partial charge is 0.317 e. The molecule has 0 amide bonds. The summed E-state index contributed by atoms with van der Waals surface area (Å²) in [6, 6.07) is 6.46. The average molecular weight is 224 g/mol. The van der Waals surface area contributed by atoms with Crippen molar-refractivity contribution < 1.29 is 0 Å². The Hall–Kier alpha value is -0.530. The van der Waals surface area contributed by atoms with Gasteiger partial charge in [0.25, 0.3) is 0 Å². The summed E-state index contributed by atoms with van der Waals surface area (Å²) in [5.74, 6) is 0.838. The van der Waals surface area contributed by atoms with Crippen LogP contribution in [0.25, 0.3) is 0 Å². The van der Waals surface area contributed by atoms with Crippen LogP contribution in [0.1, 0.15) is 24.0 Å². The molecule has 2 rings (SSSR count). The molecule has 1 aliphatic rings. The number of rotatable bonds is 2. The molecule has 15 heavy (non-hydrogen) atoms. The monoisotopic (exact) mass is 223 g/mol. The van der Waals surface area contributed by atoms with E-state index in [9.17, 15) is 0 Å². The number of hydrogen-bond acceptors (Lipinski definition) is 1. The maximum Gasteiger partial charge on any atom is 0.0437 e. The van der Waals surface area contributed by atoms with Gasteiger partial charge in [-0.25, -0.2) is 0 Å². The highest BCUT2D eigenvalue weighted by molar-refractivity contribution is 6.31. The molecule has 1 heterocycles. The van der Waals surface area contributed by atoms with Crippen molar-refractivity contribution in [3.05, 3.63) is 34.3 Å². The molecule has 0 spiro atoms. The fourth-order valence-corrected chi connectivity index (χ4v) is 2.39. The van der Waals surface area contributed by atoms with Gasteiger partial charge in [-0.1, -0.05) is 23.7 Å². The van der Waals surface area contributed by atoms with Crippen LogP contribution in [0.4, 0.5) is 0 Å². The van der Waals surface area contributed by atoms with Crippen molar-refractivity contribution in [2.75, 3.05) is 13.1 Å². The zero-order valence-corrected chi connectivity index (χ0v) is 9.98. The lowest BCUT2D eigenvalue weighted by atomic mass is 9.91. The number of hydrogen-bond donors (Lipinski definition) is 1. The summed E-state index contributed by atoms with van der Waals surface area (Å²) in [4.78, 5) is 0. The maximum atomic E-state index is 6.12. The van der Waals surface area contributed by atoms with Crippen molar-refractivity contribution in [3.8, 4) is 0 Å². The van der Waals surface area contributed by atoms with E-state index in [1.54, 1.807) is 0 Å². The van der Waals surface area contributed by atoms with Gasteiger partial charge in [0.1, 0.15) is 0 Å².